The molecule has 0 saturated carbocycles. The number of Topliss-reactive ketones (excluding diaryl/α,β-unsaturated/α-hetero) is 2. The molecule has 0 amide bonds. The topological polar surface area (TPSA) is 52.6 Å². The lowest BCUT2D eigenvalue weighted by molar-refractivity contribution is 0.0511. The van der Waals surface area contributed by atoms with Crippen LogP contribution in [0.2, 0.25) is 0 Å². The molecule has 2 rings (SSSR count). The molecule has 0 bridgehead atoms. The van der Waals surface area contributed by atoms with Gasteiger partial charge in [0.2, 0.25) is 0 Å². The predicted octanol–water partition coefficient (Wildman–Crippen LogP) is 3.19. The van der Waals surface area contributed by atoms with Gasteiger partial charge < -0.3 is 9.47 Å². The molecule has 0 saturated heterocycles. The molecular weight excluding hydrogens is 276 g/mol. The first-order valence-corrected chi connectivity index (χ1v) is 6.90. The maximum absolute atomic E-state index is 12.0. The number of benzene rings is 1. The summed E-state index contributed by atoms with van der Waals surface area (Å²) in [4.78, 5) is 24.4. The van der Waals surface area contributed by atoms with Crippen molar-refractivity contribution in [2.75, 3.05) is 13.9 Å². The van der Waals surface area contributed by atoms with Crippen molar-refractivity contribution in [1.29, 1.82) is 0 Å². The smallest absolute Gasteiger partial charge is 0.188 e. The van der Waals surface area contributed by atoms with Gasteiger partial charge >= 0.3 is 0 Å². The first-order valence-electron chi connectivity index (χ1n) is 6.02. The van der Waals surface area contributed by atoms with Crippen LogP contribution in [0.1, 0.15) is 26.5 Å². The van der Waals surface area contributed by atoms with Crippen LogP contribution in [0.3, 0.4) is 0 Å². The summed E-state index contributed by atoms with van der Waals surface area (Å²) >= 11 is 1.34. The SMILES string of the molecule is COCOc1ccc(C(=O)CC(=O)c2cccs2)cc1. The van der Waals surface area contributed by atoms with Crippen molar-refractivity contribution in [3.8, 4) is 5.75 Å². The molecule has 1 heterocycles. The van der Waals surface area contributed by atoms with Crippen LogP contribution in [0, 0.1) is 0 Å². The second kappa shape index (κ2) is 6.98. The average molecular weight is 290 g/mol. The van der Waals surface area contributed by atoms with Gasteiger partial charge in [0, 0.05) is 12.7 Å². The van der Waals surface area contributed by atoms with E-state index >= 15 is 0 Å². The van der Waals surface area contributed by atoms with Gasteiger partial charge in [0.1, 0.15) is 5.75 Å². The summed E-state index contributed by atoms with van der Waals surface area (Å²) in [6.45, 7) is 0.157. The van der Waals surface area contributed by atoms with Crippen molar-refractivity contribution in [2.24, 2.45) is 0 Å². The Morgan fingerprint density at radius 1 is 1.10 bits per heavy atom. The van der Waals surface area contributed by atoms with E-state index in [0.29, 0.717) is 16.2 Å². The van der Waals surface area contributed by atoms with Gasteiger partial charge in [-0.3, -0.25) is 9.59 Å². The lowest BCUT2D eigenvalue weighted by atomic mass is 10.1. The highest BCUT2D eigenvalue weighted by Crippen LogP contribution is 2.16. The molecule has 4 nitrogen and oxygen atoms in total. The normalized spacial score (nSPS) is 10.2. The van der Waals surface area contributed by atoms with Crippen LogP contribution in [-0.2, 0) is 4.74 Å². The Hall–Kier alpha value is -1.98. The van der Waals surface area contributed by atoms with Crippen molar-refractivity contribution >= 4 is 22.9 Å². The molecule has 0 aliphatic heterocycles. The highest BCUT2D eigenvalue weighted by molar-refractivity contribution is 7.12. The van der Waals surface area contributed by atoms with E-state index in [1.807, 2.05) is 5.38 Å². The Balaban J connectivity index is 1.97. The number of hydrogen-bond acceptors (Lipinski definition) is 5. The molecular formula is C15H14O4S. The number of carbonyl (C=O) groups is 2. The Morgan fingerprint density at radius 2 is 1.85 bits per heavy atom. The maximum Gasteiger partial charge on any atom is 0.188 e. The fraction of sp³-hybridized carbons (Fsp3) is 0.200. The average Bonchev–Trinajstić information content (AvgIpc) is 3.00. The molecule has 104 valence electrons. The molecule has 1 aromatic carbocycles. The lowest BCUT2D eigenvalue weighted by Gasteiger charge is -2.05. The molecule has 1 aromatic heterocycles. The highest BCUT2D eigenvalue weighted by atomic mass is 32.1. The van der Waals surface area contributed by atoms with Crippen LogP contribution in [-0.4, -0.2) is 25.5 Å². The van der Waals surface area contributed by atoms with Gasteiger partial charge in [-0.15, -0.1) is 11.3 Å². The molecule has 0 spiro atoms. The van der Waals surface area contributed by atoms with Gasteiger partial charge in [0.25, 0.3) is 0 Å². The second-order valence-corrected chi connectivity index (χ2v) is 5.02. The Bertz CT molecular complexity index is 572. The highest BCUT2D eigenvalue weighted by Gasteiger charge is 2.14. The number of carbonyl (C=O) groups excluding carboxylic acids is 2. The Morgan fingerprint density at radius 3 is 2.45 bits per heavy atom. The molecule has 0 aliphatic rings. The molecule has 0 fully saturated rings. The van der Waals surface area contributed by atoms with Gasteiger partial charge in [0.15, 0.2) is 18.4 Å². The summed E-state index contributed by atoms with van der Waals surface area (Å²) in [7, 11) is 1.54. The summed E-state index contributed by atoms with van der Waals surface area (Å²) in [5.74, 6) is 0.277. The van der Waals surface area contributed by atoms with E-state index in [-0.39, 0.29) is 24.8 Å². The summed E-state index contributed by atoms with van der Waals surface area (Å²) < 4.78 is 10.0. The van der Waals surface area contributed by atoms with E-state index in [1.54, 1.807) is 36.4 Å². The summed E-state index contributed by atoms with van der Waals surface area (Å²) in [5, 5.41) is 1.82. The fourth-order valence-corrected chi connectivity index (χ4v) is 2.30. The second-order valence-electron chi connectivity index (χ2n) is 4.08. The van der Waals surface area contributed by atoms with Crippen molar-refractivity contribution in [1.82, 2.24) is 0 Å². The Kier molecular flexibility index (Phi) is 5.03. The van der Waals surface area contributed by atoms with Crippen molar-refractivity contribution in [2.45, 2.75) is 6.42 Å². The van der Waals surface area contributed by atoms with E-state index < -0.39 is 0 Å². The van der Waals surface area contributed by atoms with E-state index in [1.165, 1.54) is 18.4 Å². The summed E-state index contributed by atoms with van der Waals surface area (Å²) in [5.41, 5.74) is 0.500. The van der Waals surface area contributed by atoms with Crippen LogP contribution in [0.25, 0.3) is 0 Å². The van der Waals surface area contributed by atoms with Crippen molar-refractivity contribution < 1.29 is 19.1 Å². The van der Waals surface area contributed by atoms with Crippen LogP contribution < -0.4 is 4.74 Å². The van der Waals surface area contributed by atoms with Gasteiger partial charge in [-0.2, -0.15) is 0 Å². The number of hydrogen-bond donors (Lipinski definition) is 0. The van der Waals surface area contributed by atoms with Crippen LogP contribution in [0.5, 0.6) is 5.75 Å². The van der Waals surface area contributed by atoms with Crippen molar-refractivity contribution in [3.05, 3.63) is 52.2 Å². The van der Waals surface area contributed by atoms with Crippen molar-refractivity contribution in [3.63, 3.8) is 0 Å². The number of ether oxygens (including phenoxy) is 2. The number of thiophene rings is 1. The van der Waals surface area contributed by atoms with E-state index in [0.717, 1.165) is 0 Å². The zero-order valence-electron chi connectivity index (χ0n) is 11.0. The molecule has 0 radical (unpaired) electrons. The molecule has 20 heavy (non-hydrogen) atoms. The minimum absolute atomic E-state index is 0.112. The third-order valence-electron chi connectivity index (χ3n) is 2.64. The summed E-state index contributed by atoms with van der Waals surface area (Å²) in [6, 6.07) is 10.2. The molecule has 0 aliphatic carbocycles. The van der Waals surface area contributed by atoms with Crippen LogP contribution in [0.4, 0.5) is 0 Å². The summed E-state index contributed by atoms with van der Waals surface area (Å²) in [6.07, 6.45) is -0.112. The van der Waals surface area contributed by atoms with Gasteiger partial charge in [-0.05, 0) is 35.7 Å². The predicted molar refractivity (Wildman–Crippen MR) is 76.5 cm³/mol. The number of rotatable bonds is 7. The van der Waals surface area contributed by atoms with E-state index in [4.69, 9.17) is 9.47 Å². The minimum atomic E-state index is -0.193. The molecule has 0 unspecified atom stereocenters. The Labute approximate surface area is 121 Å². The number of methoxy groups -OCH3 is 1. The van der Waals surface area contributed by atoms with Gasteiger partial charge in [-0.1, -0.05) is 6.07 Å². The molecule has 0 atom stereocenters. The lowest BCUT2D eigenvalue weighted by Crippen LogP contribution is -2.07. The zero-order chi connectivity index (χ0) is 14.4. The zero-order valence-corrected chi connectivity index (χ0v) is 11.8. The van der Waals surface area contributed by atoms with Gasteiger partial charge in [0.05, 0.1) is 11.3 Å². The third kappa shape index (κ3) is 3.76. The first-order chi connectivity index (χ1) is 9.70. The monoisotopic (exact) mass is 290 g/mol. The maximum atomic E-state index is 12.0. The van der Waals surface area contributed by atoms with Crippen LogP contribution in [0.15, 0.2) is 41.8 Å². The molecule has 0 N–H and O–H groups in total. The standard InChI is InChI=1S/C15H14O4S/c1-18-10-19-12-6-4-11(5-7-12)13(16)9-14(17)15-3-2-8-20-15/h2-8H,9-10H2,1H3. The third-order valence-corrected chi connectivity index (χ3v) is 3.55. The fourth-order valence-electron chi connectivity index (χ4n) is 1.64. The van der Waals surface area contributed by atoms with Gasteiger partial charge in [-0.25, -0.2) is 0 Å². The quantitative estimate of drug-likeness (QED) is 0.446. The number of ketones is 2. The van der Waals surface area contributed by atoms with E-state index in [2.05, 4.69) is 0 Å². The van der Waals surface area contributed by atoms with E-state index in [9.17, 15) is 9.59 Å². The molecule has 2 aromatic rings. The largest absolute Gasteiger partial charge is 0.468 e. The minimum Gasteiger partial charge on any atom is -0.468 e. The molecule has 5 heteroatoms. The first kappa shape index (κ1) is 14.4. The van der Waals surface area contributed by atoms with Crippen LogP contribution >= 0.6 is 11.3 Å².